The molecule has 2 aromatic heterocycles. The Bertz CT molecular complexity index is 555. The molecule has 0 aliphatic carbocycles. The van der Waals surface area contributed by atoms with E-state index in [1.807, 2.05) is 0 Å². The van der Waals surface area contributed by atoms with Crippen molar-refractivity contribution in [2.24, 2.45) is 5.92 Å². The topological polar surface area (TPSA) is 29.0 Å². The number of thiophene rings is 1. The molecule has 1 aliphatic heterocycles. The van der Waals surface area contributed by atoms with Crippen molar-refractivity contribution in [3.8, 4) is 0 Å². The minimum absolute atomic E-state index is 0. The van der Waals surface area contributed by atoms with Gasteiger partial charge >= 0.3 is 0 Å². The van der Waals surface area contributed by atoms with Crippen LogP contribution >= 0.6 is 23.7 Å². The molecule has 0 radical (unpaired) electrons. The number of anilines is 1. The molecule has 104 valence electrons. The van der Waals surface area contributed by atoms with Gasteiger partial charge in [0.15, 0.2) is 0 Å². The van der Waals surface area contributed by atoms with Crippen molar-refractivity contribution in [2.75, 3.05) is 18.0 Å². The van der Waals surface area contributed by atoms with Gasteiger partial charge in [0, 0.05) is 18.0 Å². The number of halogens is 1. The number of aromatic nitrogens is 2. The lowest BCUT2D eigenvalue weighted by Gasteiger charge is -2.32. The first-order valence-corrected chi connectivity index (χ1v) is 7.58. The molecule has 0 aromatic carbocycles. The van der Waals surface area contributed by atoms with E-state index in [1.54, 1.807) is 17.7 Å². The Morgan fingerprint density at radius 1 is 1.42 bits per heavy atom. The summed E-state index contributed by atoms with van der Waals surface area (Å²) in [7, 11) is 0. The molecule has 2 aromatic rings. The van der Waals surface area contributed by atoms with Gasteiger partial charge in [-0.15, -0.1) is 23.7 Å². The predicted molar refractivity (Wildman–Crippen MR) is 84.7 cm³/mol. The third kappa shape index (κ3) is 2.84. The second-order valence-corrected chi connectivity index (χ2v) is 6.29. The number of nitrogens with zero attached hydrogens (tertiary/aromatic N) is 3. The lowest BCUT2D eigenvalue weighted by Crippen LogP contribution is -2.34. The van der Waals surface area contributed by atoms with E-state index < -0.39 is 0 Å². The van der Waals surface area contributed by atoms with Crippen LogP contribution in [0, 0.1) is 5.92 Å². The zero-order chi connectivity index (χ0) is 12.5. The van der Waals surface area contributed by atoms with Crippen LogP contribution in [-0.2, 0) is 6.42 Å². The molecule has 1 unspecified atom stereocenters. The van der Waals surface area contributed by atoms with Crippen LogP contribution < -0.4 is 4.90 Å². The van der Waals surface area contributed by atoms with Crippen molar-refractivity contribution in [1.29, 1.82) is 0 Å². The Balaban J connectivity index is 0.00000133. The van der Waals surface area contributed by atoms with E-state index in [1.165, 1.54) is 23.1 Å². The largest absolute Gasteiger partial charge is 0.356 e. The first-order valence-electron chi connectivity index (χ1n) is 6.76. The predicted octanol–water partition coefficient (Wildman–Crippen LogP) is 3.91. The van der Waals surface area contributed by atoms with Gasteiger partial charge in [0.25, 0.3) is 0 Å². The number of hydrogen-bond donors (Lipinski definition) is 0. The molecular weight excluding hydrogens is 278 g/mol. The summed E-state index contributed by atoms with van der Waals surface area (Å²) >= 11 is 1.80. The summed E-state index contributed by atoms with van der Waals surface area (Å²) in [6.07, 6.45) is 5.41. The summed E-state index contributed by atoms with van der Waals surface area (Å²) in [5.41, 5.74) is 0. The second kappa shape index (κ2) is 6.06. The summed E-state index contributed by atoms with van der Waals surface area (Å²) in [5, 5.41) is 1.24. The third-order valence-corrected chi connectivity index (χ3v) is 4.85. The number of aryl methyl sites for hydroxylation is 1. The third-order valence-electron chi connectivity index (χ3n) is 3.66. The Labute approximate surface area is 124 Å². The molecule has 1 fully saturated rings. The van der Waals surface area contributed by atoms with Crippen LogP contribution in [0.15, 0.2) is 12.4 Å². The molecule has 5 heteroatoms. The van der Waals surface area contributed by atoms with Crippen LogP contribution in [0.5, 0.6) is 0 Å². The zero-order valence-corrected chi connectivity index (χ0v) is 13.1. The van der Waals surface area contributed by atoms with Crippen molar-refractivity contribution in [3.63, 3.8) is 0 Å². The van der Waals surface area contributed by atoms with Crippen LogP contribution in [0.3, 0.4) is 0 Å². The summed E-state index contributed by atoms with van der Waals surface area (Å²) < 4.78 is 0. The van der Waals surface area contributed by atoms with E-state index in [4.69, 9.17) is 0 Å². The Morgan fingerprint density at radius 2 is 2.26 bits per heavy atom. The molecule has 0 N–H and O–H groups in total. The molecule has 0 bridgehead atoms. The average molecular weight is 298 g/mol. The van der Waals surface area contributed by atoms with Crippen LogP contribution in [-0.4, -0.2) is 23.1 Å². The Kier molecular flexibility index (Phi) is 4.63. The summed E-state index contributed by atoms with van der Waals surface area (Å²) in [5.74, 6) is 1.91. The van der Waals surface area contributed by atoms with E-state index in [0.29, 0.717) is 0 Å². The van der Waals surface area contributed by atoms with Gasteiger partial charge in [-0.1, -0.05) is 13.8 Å². The van der Waals surface area contributed by atoms with Gasteiger partial charge in [0.2, 0.25) is 0 Å². The fourth-order valence-corrected chi connectivity index (χ4v) is 3.63. The lowest BCUT2D eigenvalue weighted by molar-refractivity contribution is 0.445. The number of rotatable bonds is 2. The fraction of sp³-hybridized carbons (Fsp3) is 0.571. The Hall–Kier alpha value is -0.870. The lowest BCUT2D eigenvalue weighted by atomic mass is 10.0. The molecule has 19 heavy (non-hydrogen) atoms. The molecule has 0 amide bonds. The van der Waals surface area contributed by atoms with Crippen LogP contribution in [0.1, 0.15) is 31.6 Å². The zero-order valence-electron chi connectivity index (χ0n) is 11.4. The van der Waals surface area contributed by atoms with E-state index in [-0.39, 0.29) is 12.4 Å². The van der Waals surface area contributed by atoms with Gasteiger partial charge in [-0.3, -0.25) is 0 Å². The first kappa shape index (κ1) is 14.5. The molecule has 1 saturated heterocycles. The summed E-state index contributed by atoms with van der Waals surface area (Å²) in [6, 6.07) is 2.27. The minimum atomic E-state index is 0. The fourth-order valence-electron chi connectivity index (χ4n) is 2.70. The average Bonchev–Trinajstić information content (AvgIpc) is 2.81. The normalized spacial score (nSPS) is 19.5. The Morgan fingerprint density at radius 3 is 3.00 bits per heavy atom. The molecule has 1 aliphatic rings. The van der Waals surface area contributed by atoms with Crippen LogP contribution in [0.2, 0.25) is 0 Å². The van der Waals surface area contributed by atoms with Gasteiger partial charge in [0.1, 0.15) is 17.0 Å². The monoisotopic (exact) mass is 297 g/mol. The highest BCUT2D eigenvalue weighted by Crippen LogP contribution is 2.32. The van der Waals surface area contributed by atoms with Gasteiger partial charge < -0.3 is 4.90 Å². The van der Waals surface area contributed by atoms with E-state index >= 15 is 0 Å². The minimum Gasteiger partial charge on any atom is -0.356 e. The highest BCUT2D eigenvalue weighted by Gasteiger charge is 2.20. The highest BCUT2D eigenvalue weighted by molar-refractivity contribution is 7.18. The van der Waals surface area contributed by atoms with E-state index in [2.05, 4.69) is 34.8 Å². The van der Waals surface area contributed by atoms with Gasteiger partial charge in [0.05, 0.1) is 5.39 Å². The maximum Gasteiger partial charge on any atom is 0.140 e. The van der Waals surface area contributed by atoms with Gasteiger partial charge in [-0.05, 0) is 31.2 Å². The molecule has 0 saturated carbocycles. The molecule has 3 nitrogen and oxygen atoms in total. The maximum absolute atomic E-state index is 4.53. The number of hydrogen-bond acceptors (Lipinski definition) is 4. The smallest absolute Gasteiger partial charge is 0.140 e. The first-order chi connectivity index (χ1) is 8.78. The maximum atomic E-state index is 4.53. The number of fused-ring (bicyclic) bond motifs is 1. The van der Waals surface area contributed by atoms with Crippen molar-refractivity contribution >= 4 is 39.8 Å². The summed E-state index contributed by atoms with van der Waals surface area (Å²) in [4.78, 5) is 13.9. The van der Waals surface area contributed by atoms with Crippen molar-refractivity contribution in [2.45, 2.75) is 33.1 Å². The molecular formula is C14H20ClN3S. The highest BCUT2D eigenvalue weighted by atomic mass is 35.5. The quantitative estimate of drug-likeness (QED) is 0.841. The molecule has 1 atom stereocenters. The van der Waals surface area contributed by atoms with Crippen molar-refractivity contribution < 1.29 is 0 Å². The number of piperidine rings is 1. The van der Waals surface area contributed by atoms with Crippen molar-refractivity contribution in [1.82, 2.24) is 9.97 Å². The van der Waals surface area contributed by atoms with Gasteiger partial charge in [-0.2, -0.15) is 0 Å². The van der Waals surface area contributed by atoms with Gasteiger partial charge in [-0.25, -0.2) is 9.97 Å². The summed E-state index contributed by atoms with van der Waals surface area (Å²) in [6.45, 7) is 6.79. The van der Waals surface area contributed by atoms with Crippen LogP contribution in [0.25, 0.3) is 10.2 Å². The van der Waals surface area contributed by atoms with Crippen molar-refractivity contribution in [3.05, 3.63) is 17.3 Å². The van der Waals surface area contributed by atoms with E-state index in [9.17, 15) is 0 Å². The molecule has 3 rings (SSSR count). The molecule has 3 heterocycles. The standard InChI is InChI=1S/C14H19N3S.ClH/c1-3-11-7-12-13(15-9-16-14(12)18-11)17-6-4-5-10(2)8-17;/h7,9-10H,3-6,8H2,1-2H3;1H. The van der Waals surface area contributed by atoms with Crippen LogP contribution in [0.4, 0.5) is 5.82 Å². The molecule has 0 spiro atoms. The van der Waals surface area contributed by atoms with E-state index in [0.717, 1.165) is 36.1 Å². The second-order valence-electron chi connectivity index (χ2n) is 5.18. The SMILES string of the molecule is CCc1cc2c(N3CCCC(C)C3)ncnc2s1.Cl.